The molecule has 0 aliphatic carbocycles. The summed E-state index contributed by atoms with van der Waals surface area (Å²) in [5.41, 5.74) is 0.655. The van der Waals surface area contributed by atoms with Crippen LogP contribution in [0.1, 0.15) is 31.0 Å². The summed E-state index contributed by atoms with van der Waals surface area (Å²) in [6, 6.07) is 9.17. The normalized spacial score (nSPS) is 12.1. The SMILES string of the molecule is C[C@H](NC(=O)CCc1nc(-c2ccc(F)cc2)no1)c1ccco1. The van der Waals surface area contributed by atoms with Gasteiger partial charge in [0.15, 0.2) is 0 Å². The van der Waals surface area contributed by atoms with Crippen LogP contribution < -0.4 is 5.32 Å². The van der Waals surface area contributed by atoms with Crippen LogP contribution in [-0.2, 0) is 11.2 Å². The van der Waals surface area contributed by atoms with Crippen molar-refractivity contribution in [1.29, 1.82) is 0 Å². The fraction of sp³-hybridized carbons (Fsp3) is 0.235. The molecule has 0 spiro atoms. The summed E-state index contributed by atoms with van der Waals surface area (Å²) in [5, 5.41) is 6.67. The second kappa shape index (κ2) is 7.08. The third kappa shape index (κ3) is 3.87. The number of aryl methyl sites for hydroxylation is 1. The lowest BCUT2D eigenvalue weighted by Crippen LogP contribution is -2.26. The Hall–Kier alpha value is -2.96. The molecule has 1 atom stereocenters. The van der Waals surface area contributed by atoms with E-state index in [9.17, 15) is 9.18 Å². The van der Waals surface area contributed by atoms with Gasteiger partial charge in [-0.2, -0.15) is 4.98 Å². The second-order valence-electron chi connectivity index (χ2n) is 5.32. The third-order valence-corrected chi connectivity index (χ3v) is 3.48. The zero-order chi connectivity index (χ0) is 16.9. The van der Waals surface area contributed by atoms with Crippen molar-refractivity contribution in [3.8, 4) is 11.4 Å². The number of halogens is 1. The Balaban J connectivity index is 1.53. The Morgan fingerprint density at radius 1 is 1.29 bits per heavy atom. The minimum Gasteiger partial charge on any atom is -0.467 e. The molecule has 1 aromatic carbocycles. The van der Waals surface area contributed by atoms with Crippen LogP contribution in [0.25, 0.3) is 11.4 Å². The first-order valence-electron chi connectivity index (χ1n) is 7.53. The monoisotopic (exact) mass is 329 g/mol. The summed E-state index contributed by atoms with van der Waals surface area (Å²) in [6.45, 7) is 1.84. The first-order valence-corrected chi connectivity index (χ1v) is 7.53. The van der Waals surface area contributed by atoms with E-state index in [1.54, 1.807) is 30.5 Å². The molecule has 124 valence electrons. The van der Waals surface area contributed by atoms with Gasteiger partial charge in [-0.15, -0.1) is 0 Å². The van der Waals surface area contributed by atoms with Crippen LogP contribution in [0.2, 0.25) is 0 Å². The highest BCUT2D eigenvalue weighted by atomic mass is 19.1. The summed E-state index contributed by atoms with van der Waals surface area (Å²) in [7, 11) is 0. The highest BCUT2D eigenvalue weighted by Gasteiger charge is 2.14. The van der Waals surface area contributed by atoms with Crippen molar-refractivity contribution in [3.05, 3.63) is 60.1 Å². The number of amides is 1. The largest absolute Gasteiger partial charge is 0.467 e. The van der Waals surface area contributed by atoms with Crippen molar-refractivity contribution in [2.24, 2.45) is 0 Å². The number of nitrogens with zero attached hydrogens (tertiary/aromatic N) is 2. The lowest BCUT2D eigenvalue weighted by atomic mass is 10.2. The van der Waals surface area contributed by atoms with Gasteiger partial charge in [0.2, 0.25) is 17.6 Å². The smallest absolute Gasteiger partial charge is 0.227 e. The molecular formula is C17H16FN3O3. The summed E-state index contributed by atoms with van der Waals surface area (Å²) < 4.78 is 23.3. The Kier molecular flexibility index (Phi) is 4.69. The molecule has 0 saturated heterocycles. The van der Waals surface area contributed by atoms with Crippen LogP contribution in [0.15, 0.2) is 51.6 Å². The molecule has 1 amide bonds. The fourth-order valence-electron chi connectivity index (χ4n) is 2.22. The molecule has 0 saturated carbocycles. The molecule has 24 heavy (non-hydrogen) atoms. The summed E-state index contributed by atoms with van der Waals surface area (Å²) in [5.74, 6) is 0.953. The average Bonchev–Trinajstić information content (AvgIpc) is 3.25. The van der Waals surface area contributed by atoms with Gasteiger partial charge < -0.3 is 14.3 Å². The van der Waals surface area contributed by atoms with Gasteiger partial charge in [-0.1, -0.05) is 5.16 Å². The number of nitrogens with one attached hydrogen (secondary N) is 1. The highest BCUT2D eigenvalue weighted by molar-refractivity contribution is 5.76. The Morgan fingerprint density at radius 3 is 2.79 bits per heavy atom. The van der Waals surface area contributed by atoms with Crippen molar-refractivity contribution in [2.45, 2.75) is 25.8 Å². The standard InChI is InChI=1S/C17H16FN3O3/c1-11(14-3-2-10-23-14)19-15(22)8-9-16-20-17(21-24-16)12-4-6-13(18)7-5-12/h2-7,10-11H,8-9H2,1H3,(H,19,22)/t11-/m0/s1. The molecule has 2 heterocycles. The minimum atomic E-state index is -0.329. The first kappa shape index (κ1) is 15.9. The molecule has 6 nitrogen and oxygen atoms in total. The van der Waals surface area contributed by atoms with Crippen LogP contribution >= 0.6 is 0 Å². The maximum absolute atomic E-state index is 12.9. The predicted octanol–water partition coefficient (Wildman–Crippen LogP) is 3.28. The molecule has 0 fully saturated rings. The van der Waals surface area contributed by atoms with Crippen molar-refractivity contribution in [1.82, 2.24) is 15.5 Å². The maximum atomic E-state index is 12.9. The van der Waals surface area contributed by atoms with E-state index >= 15 is 0 Å². The van der Waals surface area contributed by atoms with Crippen LogP contribution in [0.5, 0.6) is 0 Å². The number of furan rings is 1. The summed E-state index contributed by atoms with van der Waals surface area (Å²) >= 11 is 0. The predicted molar refractivity (Wildman–Crippen MR) is 83.3 cm³/mol. The number of hydrogen-bond donors (Lipinski definition) is 1. The zero-order valence-electron chi connectivity index (χ0n) is 13.0. The number of aromatic nitrogens is 2. The van der Waals surface area contributed by atoms with Gasteiger partial charge in [0.25, 0.3) is 0 Å². The summed E-state index contributed by atoms with van der Waals surface area (Å²) in [4.78, 5) is 16.2. The highest BCUT2D eigenvalue weighted by Crippen LogP contribution is 2.17. The Morgan fingerprint density at radius 2 is 2.08 bits per heavy atom. The molecule has 1 N–H and O–H groups in total. The number of benzene rings is 1. The van der Waals surface area contributed by atoms with E-state index in [0.29, 0.717) is 29.5 Å². The van der Waals surface area contributed by atoms with Gasteiger partial charge in [-0.25, -0.2) is 4.39 Å². The van der Waals surface area contributed by atoms with Gasteiger partial charge >= 0.3 is 0 Å². The molecule has 0 aliphatic rings. The van der Waals surface area contributed by atoms with Gasteiger partial charge in [-0.3, -0.25) is 4.79 Å². The van der Waals surface area contributed by atoms with Crippen LogP contribution in [0.4, 0.5) is 4.39 Å². The van der Waals surface area contributed by atoms with Crippen LogP contribution in [0, 0.1) is 5.82 Å². The lowest BCUT2D eigenvalue weighted by molar-refractivity contribution is -0.121. The Bertz CT molecular complexity index is 797. The fourth-order valence-corrected chi connectivity index (χ4v) is 2.22. The minimum absolute atomic E-state index is 0.138. The van der Waals surface area contributed by atoms with E-state index in [4.69, 9.17) is 8.94 Å². The molecule has 0 radical (unpaired) electrons. The number of carbonyl (C=O) groups is 1. The lowest BCUT2D eigenvalue weighted by Gasteiger charge is -2.10. The van der Waals surface area contributed by atoms with Gasteiger partial charge in [0.1, 0.15) is 11.6 Å². The summed E-state index contributed by atoms with van der Waals surface area (Å²) in [6.07, 6.45) is 2.11. The van der Waals surface area contributed by atoms with Crippen molar-refractivity contribution < 1.29 is 18.1 Å². The van der Waals surface area contributed by atoms with Gasteiger partial charge in [0, 0.05) is 18.4 Å². The van der Waals surface area contributed by atoms with Gasteiger partial charge in [-0.05, 0) is 43.3 Å². The molecule has 3 aromatic rings. The van der Waals surface area contributed by atoms with Gasteiger partial charge in [0.05, 0.1) is 12.3 Å². The second-order valence-corrected chi connectivity index (χ2v) is 5.32. The van der Waals surface area contributed by atoms with Crippen molar-refractivity contribution in [2.75, 3.05) is 0 Å². The van der Waals surface area contributed by atoms with Crippen molar-refractivity contribution >= 4 is 5.91 Å². The topological polar surface area (TPSA) is 81.2 Å². The van der Waals surface area contributed by atoms with Crippen LogP contribution in [0.3, 0.4) is 0 Å². The maximum Gasteiger partial charge on any atom is 0.227 e. The molecule has 3 rings (SSSR count). The Labute approximate surface area is 137 Å². The molecular weight excluding hydrogens is 313 g/mol. The average molecular weight is 329 g/mol. The van der Waals surface area contributed by atoms with E-state index in [1.807, 2.05) is 6.92 Å². The number of hydrogen-bond acceptors (Lipinski definition) is 5. The molecule has 2 aromatic heterocycles. The molecule has 0 bridgehead atoms. The number of carbonyl (C=O) groups excluding carboxylic acids is 1. The number of rotatable bonds is 6. The van der Waals surface area contributed by atoms with Crippen molar-refractivity contribution in [3.63, 3.8) is 0 Å². The van der Waals surface area contributed by atoms with E-state index in [-0.39, 0.29) is 24.2 Å². The molecule has 0 unspecified atom stereocenters. The molecule has 0 aliphatic heterocycles. The molecule has 7 heteroatoms. The zero-order valence-corrected chi connectivity index (χ0v) is 13.0. The van der Waals surface area contributed by atoms with E-state index in [0.717, 1.165) is 0 Å². The third-order valence-electron chi connectivity index (χ3n) is 3.48. The van der Waals surface area contributed by atoms with E-state index in [1.165, 1.54) is 12.1 Å². The quantitative estimate of drug-likeness (QED) is 0.750. The first-order chi connectivity index (χ1) is 11.6. The van der Waals surface area contributed by atoms with Crippen LogP contribution in [-0.4, -0.2) is 16.0 Å². The van der Waals surface area contributed by atoms with E-state index < -0.39 is 0 Å². The van der Waals surface area contributed by atoms with E-state index in [2.05, 4.69) is 15.5 Å².